The molecule has 0 unspecified atom stereocenters. The number of nitrogens with one attached hydrogen (secondary N) is 1. The number of nitrogens with zero attached hydrogens (tertiary/aromatic N) is 3. The van der Waals surface area contributed by atoms with Crippen molar-refractivity contribution < 1.29 is 4.74 Å². The molecule has 0 fully saturated rings. The number of rotatable bonds is 5. The third-order valence-corrected chi connectivity index (χ3v) is 2.75. The van der Waals surface area contributed by atoms with E-state index in [1.54, 1.807) is 18.2 Å². The van der Waals surface area contributed by atoms with Crippen molar-refractivity contribution in [1.82, 2.24) is 15.0 Å². The minimum Gasteiger partial charge on any atom is -0.463 e. The van der Waals surface area contributed by atoms with E-state index in [0.717, 1.165) is 6.42 Å². The van der Waals surface area contributed by atoms with Crippen LogP contribution in [0.4, 0.5) is 11.6 Å². The molecule has 0 spiro atoms. The quantitative estimate of drug-likeness (QED) is 0.880. The smallest absolute Gasteiger partial charge is 0.322 e. The highest BCUT2D eigenvalue weighted by Gasteiger charge is 2.07. The van der Waals surface area contributed by atoms with Gasteiger partial charge in [0.05, 0.1) is 6.61 Å². The van der Waals surface area contributed by atoms with Crippen LogP contribution < -0.4 is 10.1 Å². The van der Waals surface area contributed by atoms with E-state index >= 15 is 0 Å². The second kappa shape index (κ2) is 6.92. The van der Waals surface area contributed by atoms with Crippen LogP contribution in [0.2, 0.25) is 15.3 Å². The van der Waals surface area contributed by atoms with Crippen molar-refractivity contribution in [3.05, 3.63) is 33.5 Å². The van der Waals surface area contributed by atoms with E-state index in [1.807, 2.05) is 6.92 Å². The highest BCUT2D eigenvalue weighted by Crippen LogP contribution is 2.24. The third kappa shape index (κ3) is 4.37. The summed E-state index contributed by atoms with van der Waals surface area (Å²) in [6, 6.07) is 5.18. The normalized spacial score (nSPS) is 10.4. The Bertz CT molecular complexity index is 589. The average Bonchev–Trinajstić information content (AvgIpc) is 2.34. The molecule has 2 aromatic rings. The Balaban J connectivity index is 2.21. The molecule has 8 heteroatoms. The number of anilines is 2. The zero-order valence-corrected chi connectivity index (χ0v) is 12.8. The first-order valence-corrected chi connectivity index (χ1v) is 6.97. The Morgan fingerprint density at radius 2 is 1.75 bits per heavy atom. The van der Waals surface area contributed by atoms with E-state index in [9.17, 15) is 0 Å². The zero-order chi connectivity index (χ0) is 14.5. The first kappa shape index (κ1) is 15.1. The number of ether oxygens (including phenoxy) is 1. The summed E-state index contributed by atoms with van der Waals surface area (Å²) in [4.78, 5) is 11.9. The van der Waals surface area contributed by atoms with Crippen molar-refractivity contribution in [2.24, 2.45) is 0 Å². The summed E-state index contributed by atoms with van der Waals surface area (Å²) < 4.78 is 5.32. The monoisotopic (exact) mass is 332 g/mol. The van der Waals surface area contributed by atoms with Crippen molar-refractivity contribution in [3.63, 3.8) is 0 Å². The third-order valence-electron chi connectivity index (χ3n) is 2.14. The fourth-order valence-electron chi connectivity index (χ4n) is 1.40. The molecule has 0 amide bonds. The largest absolute Gasteiger partial charge is 0.463 e. The van der Waals surface area contributed by atoms with Gasteiger partial charge in [-0.1, -0.05) is 30.1 Å². The second-order valence-corrected chi connectivity index (χ2v) is 5.05. The number of hydrogen-bond donors (Lipinski definition) is 1. The summed E-state index contributed by atoms with van der Waals surface area (Å²) >= 11 is 17.7. The molecule has 20 heavy (non-hydrogen) atoms. The lowest BCUT2D eigenvalue weighted by atomic mass is 10.3. The van der Waals surface area contributed by atoms with Crippen LogP contribution in [0.1, 0.15) is 13.3 Å². The summed E-state index contributed by atoms with van der Waals surface area (Å²) in [6.45, 7) is 2.48. The molecule has 0 aliphatic heterocycles. The van der Waals surface area contributed by atoms with E-state index in [2.05, 4.69) is 20.3 Å². The maximum absolute atomic E-state index is 5.92. The van der Waals surface area contributed by atoms with Gasteiger partial charge in [0.15, 0.2) is 0 Å². The van der Waals surface area contributed by atoms with Crippen molar-refractivity contribution in [2.45, 2.75) is 13.3 Å². The molecule has 1 aromatic carbocycles. The van der Waals surface area contributed by atoms with Crippen LogP contribution in [0.25, 0.3) is 0 Å². The summed E-state index contributed by atoms with van der Waals surface area (Å²) in [5.41, 5.74) is 0.645. The van der Waals surface area contributed by atoms with Crippen LogP contribution in [0, 0.1) is 0 Å². The average molecular weight is 334 g/mol. The maximum Gasteiger partial charge on any atom is 0.322 e. The Morgan fingerprint density at radius 3 is 2.40 bits per heavy atom. The number of aromatic nitrogens is 3. The van der Waals surface area contributed by atoms with Crippen LogP contribution in [0.5, 0.6) is 6.01 Å². The van der Waals surface area contributed by atoms with Gasteiger partial charge in [-0.15, -0.1) is 0 Å². The molecule has 5 nitrogen and oxygen atoms in total. The lowest BCUT2D eigenvalue weighted by Gasteiger charge is -2.08. The molecule has 1 heterocycles. The highest BCUT2D eigenvalue weighted by atomic mass is 35.5. The van der Waals surface area contributed by atoms with Crippen molar-refractivity contribution in [2.75, 3.05) is 11.9 Å². The van der Waals surface area contributed by atoms with Gasteiger partial charge in [0.1, 0.15) is 0 Å². The molecule has 0 atom stereocenters. The van der Waals surface area contributed by atoms with Gasteiger partial charge < -0.3 is 10.1 Å². The van der Waals surface area contributed by atoms with Gasteiger partial charge in [-0.3, -0.25) is 0 Å². The Hall–Kier alpha value is -1.30. The molecule has 106 valence electrons. The Morgan fingerprint density at radius 1 is 1.05 bits per heavy atom. The lowest BCUT2D eigenvalue weighted by molar-refractivity contribution is 0.292. The second-order valence-electron chi connectivity index (χ2n) is 3.84. The SMILES string of the molecule is CCCOc1nc(Cl)nc(Nc2cc(Cl)cc(Cl)c2)n1. The van der Waals surface area contributed by atoms with Gasteiger partial charge in [-0.2, -0.15) is 15.0 Å². The maximum atomic E-state index is 5.92. The highest BCUT2D eigenvalue weighted by molar-refractivity contribution is 6.35. The minimum atomic E-state index is 0.0433. The molecular formula is C12H11Cl3N4O. The lowest BCUT2D eigenvalue weighted by Crippen LogP contribution is -2.04. The van der Waals surface area contributed by atoms with Crippen molar-refractivity contribution in [1.29, 1.82) is 0 Å². The number of hydrogen-bond acceptors (Lipinski definition) is 5. The van der Waals surface area contributed by atoms with Crippen LogP contribution in [-0.2, 0) is 0 Å². The van der Waals surface area contributed by atoms with E-state index < -0.39 is 0 Å². The summed E-state index contributed by atoms with van der Waals surface area (Å²) in [7, 11) is 0. The van der Waals surface area contributed by atoms with Crippen LogP contribution in [0.3, 0.4) is 0 Å². The molecule has 0 aliphatic rings. The molecule has 0 aliphatic carbocycles. The topological polar surface area (TPSA) is 59.9 Å². The standard InChI is InChI=1S/C12H11Cl3N4O/c1-2-3-20-12-18-10(15)17-11(19-12)16-9-5-7(13)4-8(14)6-9/h4-6H,2-3H2,1H3,(H,16,17,18,19). The van der Waals surface area contributed by atoms with Gasteiger partial charge >= 0.3 is 6.01 Å². The van der Waals surface area contributed by atoms with Gasteiger partial charge in [-0.25, -0.2) is 0 Å². The van der Waals surface area contributed by atoms with E-state index in [0.29, 0.717) is 22.3 Å². The van der Waals surface area contributed by atoms with E-state index in [4.69, 9.17) is 39.5 Å². The summed E-state index contributed by atoms with van der Waals surface area (Å²) in [5.74, 6) is 0.259. The fraction of sp³-hybridized carbons (Fsp3) is 0.250. The molecule has 0 radical (unpaired) electrons. The first-order valence-electron chi connectivity index (χ1n) is 5.84. The van der Waals surface area contributed by atoms with Crippen molar-refractivity contribution >= 4 is 46.4 Å². The van der Waals surface area contributed by atoms with Gasteiger partial charge in [0.2, 0.25) is 11.2 Å². The number of halogens is 3. The predicted octanol–water partition coefficient (Wildman–Crippen LogP) is 4.36. The minimum absolute atomic E-state index is 0.0433. The molecule has 1 N–H and O–H groups in total. The van der Waals surface area contributed by atoms with Crippen LogP contribution >= 0.6 is 34.8 Å². The Labute approximate surface area is 131 Å². The van der Waals surface area contributed by atoms with Crippen LogP contribution in [0.15, 0.2) is 18.2 Å². The van der Waals surface area contributed by atoms with E-state index in [-0.39, 0.29) is 17.2 Å². The predicted molar refractivity (Wildman–Crippen MR) is 80.4 cm³/mol. The first-order chi connectivity index (χ1) is 9.56. The van der Waals surface area contributed by atoms with Gasteiger partial charge in [-0.05, 0) is 36.2 Å². The van der Waals surface area contributed by atoms with Crippen molar-refractivity contribution in [3.8, 4) is 6.01 Å². The molecule has 1 aromatic heterocycles. The number of benzene rings is 1. The van der Waals surface area contributed by atoms with Gasteiger partial charge in [0.25, 0.3) is 0 Å². The molecule has 0 saturated carbocycles. The molecule has 0 bridgehead atoms. The Kier molecular flexibility index (Phi) is 5.23. The summed E-state index contributed by atoms with van der Waals surface area (Å²) in [6.07, 6.45) is 0.843. The summed E-state index contributed by atoms with van der Waals surface area (Å²) in [5, 5.41) is 4.00. The molecule has 0 saturated heterocycles. The van der Waals surface area contributed by atoms with Gasteiger partial charge in [0, 0.05) is 15.7 Å². The van der Waals surface area contributed by atoms with Crippen LogP contribution in [-0.4, -0.2) is 21.6 Å². The molecule has 2 rings (SSSR count). The zero-order valence-electron chi connectivity index (χ0n) is 10.5. The fourth-order valence-corrected chi connectivity index (χ4v) is 2.08. The molecular weight excluding hydrogens is 323 g/mol. The van der Waals surface area contributed by atoms with E-state index in [1.165, 1.54) is 0 Å².